The number of urea groups is 1. The second kappa shape index (κ2) is 8.13. The van der Waals surface area contributed by atoms with Crippen molar-refractivity contribution in [1.29, 1.82) is 0 Å². The van der Waals surface area contributed by atoms with E-state index in [1.165, 1.54) is 10.7 Å². The van der Waals surface area contributed by atoms with Gasteiger partial charge in [0, 0.05) is 18.8 Å². The summed E-state index contributed by atoms with van der Waals surface area (Å²) in [4.78, 5) is 29.8. The Morgan fingerprint density at radius 2 is 2.12 bits per heavy atom. The van der Waals surface area contributed by atoms with Gasteiger partial charge in [-0.3, -0.25) is 9.48 Å². The maximum atomic E-state index is 12.8. The second-order valence-corrected chi connectivity index (χ2v) is 7.76. The number of carbonyl (C=O) groups is 2. The minimum Gasteiger partial charge on any atom is -0.345 e. The number of fused-ring (bicyclic) bond motifs is 1. The first-order chi connectivity index (χ1) is 15.1. The van der Waals surface area contributed by atoms with Crippen LogP contribution in [0.25, 0.3) is 5.65 Å². The smallest absolute Gasteiger partial charge is 0.345 e. The van der Waals surface area contributed by atoms with Gasteiger partial charge in [0.25, 0.3) is 5.91 Å². The number of carbonyl (C=O) groups excluding carboxylic acids is 2. The molecule has 0 bridgehead atoms. The summed E-state index contributed by atoms with van der Waals surface area (Å²) in [5.74, 6) is -0.291. The number of rotatable bonds is 6. The highest BCUT2D eigenvalue weighted by atomic mass is 19.4. The maximum Gasteiger partial charge on any atom is 0.410 e. The monoisotopic (exact) mass is 450 g/mol. The first-order valence-corrected chi connectivity index (χ1v) is 9.89. The molecule has 0 aliphatic carbocycles. The van der Waals surface area contributed by atoms with E-state index in [-0.39, 0.29) is 25.0 Å². The Labute approximate surface area is 180 Å². The summed E-state index contributed by atoms with van der Waals surface area (Å²) >= 11 is 0. The average molecular weight is 450 g/mol. The first-order valence-electron chi connectivity index (χ1n) is 9.89. The Bertz CT molecular complexity index is 1150. The summed E-state index contributed by atoms with van der Waals surface area (Å²) in [5, 5.41) is 13.0. The van der Waals surface area contributed by atoms with Crippen molar-refractivity contribution in [2.75, 3.05) is 6.54 Å². The van der Waals surface area contributed by atoms with E-state index < -0.39 is 24.8 Å². The van der Waals surface area contributed by atoms with Crippen LogP contribution in [0.1, 0.15) is 41.6 Å². The highest BCUT2D eigenvalue weighted by molar-refractivity contribution is 5.92. The second-order valence-electron chi connectivity index (χ2n) is 7.76. The number of alkyl halides is 3. The molecule has 1 atom stereocenters. The minimum atomic E-state index is -4.50. The third-order valence-corrected chi connectivity index (χ3v) is 5.01. The lowest BCUT2D eigenvalue weighted by Gasteiger charge is -2.15. The molecule has 1 aliphatic heterocycles. The van der Waals surface area contributed by atoms with Gasteiger partial charge in [-0.05, 0) is 31.5 Å². The van der Waals surface area contributed by atoms with Crippen molar-refractivity contribution in [3.05, 3.63) is 47.7 Å². The molecule has 10 nitrogen and oxygen atoms in total. The molecule has 4 rings (SSSR count). The van der Waals surface area contributed by atoms with Gasteiger partial charge in [0.15, 0.2) is 5.65 Å². The van der Waals surface area contributed by atoms with E-state index in [9.17, 15) is 22.8 Å². The minimum absolute atomic E-state index is 0.0277. The van der Waals surface area contributed by atoms with E-state index in [2.05, 4.69) is 20.5 Å². The van der Waals surface area contributed by atoms with Gasteiger partial charge in [-0.15, -0.1) is 0 Å². The Morgan fingerprint density at radius 1 is 1.34 bits per heavy atom. The van der Waals surface area contributed by atoms with Crippen molar-refractivity contribution in [2.24, 2.45) is 0 Å². The van der Waals surface area contributed by atoms with Crippen LogP contribution in [0.2, 0.25) is 0 Å². The van der Waals surface area contributed by atoms with Crippen LogP contribution >= 0.6 is 0 Å². The van der Waals surface area contributed by atoms with E-state index in [0.29, 0.717) is 22.6 Å². The highest BCUT2D eigenvalue weighted by Gasteiger charge is 2.46. The van der Waals surface area contributed by atoms with Gasteiger partial charge in [0.1, 0.15) is 11.7 Å². The topological polar surface area (TPSA) is 109 Å². The van der Waals surface area contributed by atoms with E-state index >= 15 is 0 Å². The number of nitrogens with zero attached hydrogens (tertiary/aromatic N) is 6. The Hall–Kier alpha value is -3.64. The molecule has 170 valence electrons. The lowest BCUT2D eigenvalue weighted by atomic mass is 10.2. The predicted molar refractivity (Wildman–Crippen MR) is 106 cm³/mol. The number of halogens is 3. The van der Waals surface area contributed by atoms with E-state index in [1.54, 1.807) is 29.2 Å². The standard InChI is InChI=1S/C19H21F3N8O2/c1-11(2)30-14(3-4-24-30)17(31)23-7-13-9-29-16(26-13)5-12(6-25-29)8-28-10-15(19(20,21)22)27-18(28)32/h3-6,9,11,15H,7-8,10H2,1-2H3,(H,23,31)(H,27,32). The van der Waals surface area contributed by atoms with E-state index in [0.717, 1.165) is 4.90 Å². The molecular formula is C19H21F3N8O2. The molecule has 0 aromatic carbocycles. The fraction of sp³-hybridized carbons (Fsp3) is 0.421. The van der Waals surface area contributed by atoms with Crippen LogP contribution in [0.15, 0.2) is 30.7 Å². The molecule has 2 N–H and O–H groups in total. The summed E-state index contributed by atoms with van der Waals surface area (Å²) in [6.45, 7) is 3.50. The summed E-state index contributed by atoms with van der Waals surface area (Å²) in [5.41, 5.74) is 1.98. The van der Waals surface area contributed by atoms with Crippen molar-refractivity contribution < 1.29 is 22.8 Å². The zero-order valence-corrected chi connectivity index (χ0v) is 17.3. The fourth-order valence-electron chi connectivity index (χ4n) is 3.43. The number of amides is 3. The largest absolute Gasteiger partial charge is 0.410 e. The van der Waals surface area contributed by atoms with Gasteiger partial charge < -0.3 is 15.5 Å². The molecule has 13 heteroatoms. The van der Waals surface area contributed by atoms with Gasteiger partial charge in [-0.1, -0.05) is 0 Å². The van der Waals surface area contributed by atoms with Crippen molar-refractivity contribution in [3.63, 3.8) is 0 Å². The van der Waals surface area contributed by atoms with Crippen LogP contribution < -0.4 is 10.6 Å². The first kappa shape index (κ1) is 21.6. The lowest BCUT2D eigenvalue weighted by Crippen LogP contribution is -2.40. The number of aromatic nitrogens is 5. The summed E-state index contributed by atoms with van der Waals surface area (Å²) in [6.07, 6.45) is 0.165. The average Bonchev–Trinajstić information content (AvgIpc) is 3.44. The van der Waals surface area contributed by atoms with Crippen LogP contribution in [0.4, 0.5) is 18.0 Å². The van der Waals surface area contributed by atoms with Crippen LogP contribution in [-0.4, -0.2) is 60.0 Å². The summed E-state index contributed by atoms with van der Waals surface area (Å²) in [7, 11) is 0. The Morgan fingerprint density at radius 3 is 2.81 bits per heavy atom. The van der Waals surface area contributed by atoms with Crippen molar-refractivity contribution >= 4 is 17.6 Å². The molecule has 3 aromatic rings. The van der Waals surface area contributed by atoms with Crippen LogP contribution in [0.5, 0.6) is 0 Å². The molecule has 1 aliphatic rings. The van der Waals surface area contributed by atoms with Gasteiger partial charge in [0.2, 0.25) is 0 Å². The summed E-state index contributed by atoms with van der Waals surface area (Å²) in [6, 6.07) is 0.637. The SMILES string of the molecule is CC(C)n1nccc1C(=O)NCc1cn2ncc(CN3CC(C(F)(F)F)NC3=O)cc2n1. The normalized spacial score (nSPS) is 16.8. The molecule has 3 aromatic heterocycles. The van der Waals surface area contributed by atoms with Crippen molar-refractivity contribution in [2.45, 2.75) is 45.2 Å². The number of hydrogen-bond donors (Lipinski definition) is 2. The van der Waals surface area contributed by atoms with Crippen LogP contribution in [0.3, 0.4) is 0 Å². The van der Waals surface area contributed by atoms with Crippen LogP contribution in [0, 0.1) is 0 Å². The lowest BCUT2D eigenvalue weighted by molar-refractivity contribution is -0.149. The number of hydrogen-bond acceptors (Lipinski definition) is 5. The number of nitrogens with one attached hydrogen (secondary N) is 2. The van der Waals surface area contributed by atoms with Gasteiger partial charge in [0.05, 0.1) is 31.2 Å². The van der Waals surface area contributed by atoms with Crippen LogP contribution in [-0.2, 0) is 13.1 Å². The molecule has 1 unspecified atom stereocenters. The van der Waals surface area contributed by atoms with E-state index in [4.69, 9.17) is 0 Å². The van der Waals surface area contributed by atoms with E-state index in [1.807, 2.05) is 19.2 Å². The highest BCUT2D eigenvalue weighted by Crippen LogP contribution is 2.25. The quantitative estimate of drug-likeness (QED) is 0.596. The number of imidazole rings is 1. The molecule has 0 spiro atoms. The van der Waals surface area contributed by atoms with Crippen molar-refractivity contribution in [1.82, 2.24) is 39.9 Å². The molecule has 4 heterocycles. The van der Waals surface area contributed by atoms with Gasteiger partial charge in [-0.2, -0.15) is 23.4 Å². The molecule has 3 amide bonds. The summed E-state index contributed by atoms with van der Waals surface area (Å²) < 4.78 is 41.6. The third-order valence-electron chi connectivity index (χ3n) is 5.01. The molecular weight excluding hydrogens is 429 g/mol. The van der Waals surface area contributed by atoms with Gasteiger partial charge >= 0.3 is 12.2 Å². The Kier molecular flexibility index (Phi) is 5.48. The molecule has 1 fully saturated rings. The van der Waals surface area contributed by atoms with Crippen molar-refractivity contribution in [3.8, 4) is 0 Å². The fourth-order valence-corrected chi connectivity index (χ4v) is 3.43. The molecule has 0 saturated carbocycles. The zero-order chi connectivity index (χ0) is 23.0. The molecule has 0 radical (unpaired) electrons. The third kappa shape index (κ3) is 4.36. The molecule has 32 heavy (non-hydrogen) atoms. The van der Waals surface area contributed by atoms with Gasteiger partial charge in [-0.25, -0.2) is 14.3 Å². The zero-order valence-electron chi connectivity index (χ0n) is 17.3. The molecule has 1 saturated heterocycles. The maximum absolute atomic E-state index is 12.8. The predicted octanol–water partition coefficient (Wildman–Crippen LogP) is 1.89. The Balaban J connectivity index is 1.41.